The Bertz CT molecular complexity index is 236. The van der Waals surface area contributed by atoms with Gasteiger partial charge in [0.1, 0.15) is 0 Å². The third-order valence-electron chi connectivity index (χ3n) is 4.57. The van der Waals surface area contributed by atoms with Crippen LogP contribution < -0.4 is 10.6 Å². The molecule has 2 fully saturated rings. The van der Waals surface area contributed by atoms with Crippen LogP contribution in [0.5, 0.6) is 0 Å². The number of hydrogen-bond donors (Lipinski definition) is 2. The molecule has 4 unspecified atom stereocenters. The maximum absolute atomic E-state index is 3.88. The van der Waals surface area contributed by atoms with E-state index in [9.17, 15) is 0 Å². The van der Waals surface area contributed by atoms with Gasteiger partial charge >= 0.3 is 0 Å². The van der Waals surface area contributed by atoms with Crippen molar-refractivity contribution in [2.24, 2.45) is 5.92 Å². The van der Waals surface area contributed by atoms with Crippen molar-refractivity contribution in [1.82, 2.24) is 15.5 Å². The van der Waals surface area contributed by atoms with Crippen LogP contribution in [0.3, 0.4) is 0 Å². The Balaban J connectivity index is 1.82. The summed E-state index contributed by atoms with van der Waals surface area (Å²) in [6, 6.07) is 2.13. The number of hydrogen-bond acceptors (Lipinski definition) is 3. The van der Waals surface area contributed by atoms with E-state index in [1.807, 2.05) is 0 Å². The van der Waals surface area contributed by atoms with Gasteiger partial charge in [-0.05, 0) is 59.2 Å². The lowest BCUT2D eigenvalue weighted by Crippen LogP contribution is -2.50. The maximum Gasteiger partial charge on any atom is 0.0169 e. The maximum atomic E-state index is 3.88. The normalized spacial score (nSPS) is 35.0. The quantitative estimate of drug-likeness (QED) is 0.783. The number of rotatable bonds is 5. The molecule has 3 heteroatoms. The van der Waals surface area contributed by atoms with Crippen LogP contribution in [0, 0.1) is 5.92 Å². The van der Waals surface area contributed by atoms with Crippen LogP contribution in [0.4, 0.5) is 0 Å². The van der Waals surface area contributed by atoms with Gasteiger partial charge in [0.15, 0.2) is 0 Å². The first-order chi connectivity index (χ1) is 8.66. The van der Waals surface area contributed by atoms with Crippen molar-refractivity contribution in [2.45, 2.75) is 63.6 Å². The minimum absolute atomic E-state index is 0.606. The topological polar surface area (TPSA) is 27.3 Å². The van der Waals surface area contributed by atoms with Gasteiger partial charge in [-0.2, -0.15) is 0 Å². The lowest BCUT2D eigenvalue weighted by atomic mass is 9.88. The third-order valence-corrected chi connectivity index (χ3v) is 4.57. The van der Waals surface area contributed by atoms with E-state index >= 15 is 0 Å². The molecule has 0 aromatic rings. The van der Waals surface area contributed by atoms with Crippen LogP contribution in [0.15, 0.2) is 0 Å². The van der Waals surface area contributed by atoms with Gasteiger partial charge < -0.3 is 15.5 Å². The van der Waals surface area contributed by atoms with Gasteiger partial charge in [0, 0.05) is 24.7 Å². The van der Waals surface area contributed by atoms with E-state index in [-0.39, 0.29) is 0 Å². The highest BCUT2D eigenvalue weighted by Gasteiger charge is 2.34. The summed E-state index contributed by atoms with van der Waals surface area (Å²) >= 11 is 0. The zero-order chi connectivity index (χ0) is 13.0. The average Bonchev–Trinajstić information content (AvgIpc) is 2.77. The van der Waals surface area contributed by atoms with Gasteiger partial charge in [0.05, 0.1) is 0 Å². The molecule has 2 N–H and O–H groups in total. The number of piperidine rings is 1. The monoisotopic (exact) mass is 253 g/mol. The first kappa shape index (κ1) is 14.3. The minimum atomic E-state index is 0.606. The molecule has 0 spiro atoms. The second-order valence-corrected chi connectivity index (χ2v) is 6.59. The summed E-state index contributed by atoms with van der Waals surface area (Å²) in [7, 11) is 4.32. The van der Waals surface area contributed by atoms with Crippen molar-refractivity contribution in [3.8, 4) is 0 Å². The van der Waals surface area contributed by atoms with E-state index in [4.69, 9.17) is 0 Å². The summed E-state index contributed by atoms with van der Waals surface area (Å²) in [6.45, 7) is 4.70. The standard InChI is InChI=1S/C15H31N3/c1-12(11-18(2)3)17-15-9-6-7-13(15)14-8-4-5-10-16-14/h12-17H,4-11H2,1-3H3. The molecule has 1 aliphatic heterocycles. The molecular weight excluding hydrogens is 222 g/mol. The van der Waals surface area contributed by atoms with E-state index in [0.29, 0.717) is 6.04 Å². The molecular formula is C15H31N3. The summed E-state index contributed by atoms with van der Waals surface area (Å²) in [5.41, 5.74) is 0. The molecule has 1 heterocycles. The van der Waals surface area contributed by atoms with Crippen LogP contribution >= 0.6 is 0 Å². The number of nitrogens with zero attached hydrogens (tertiary/aromatic N) is 1. The Morgan fingerprint density at radius 3 is 2.67 bits per heavy atom. The summed E-state index contributed by atoms with van der Waals surface area (Å²) in [4.78, 5) is 2.28. The summed E-state index contributed by atoms with van der Waals surface area (Å²) in [5, 5.41) is 7.63. The van der Waals surface area contributed by atoms with Gasteiger partial charge in [-0.25, -0.2) is 0 Å². The fourth-order valence-electron chi connectivity index (χ4n) is 3.89. The molecule has 0 amide bonds. The Morgan fingerprint density at radius 2 is 2.00 bits per heavy atom. The predicted octanol–water partition coefficient (Wildman–Crippen LogP) is 1.84. The molecule has 1 saturated carbocycles. The van der Waals surface area contributed by atoms with Crippen LogP contribution in [0.1, 0.15) is 45.4 Å². The fourth-order valence-corrected chi connectivity index (χ4v) is 3.89. The fraction of sp³-hybridized carbons (Fsp3) is 1.00. The minimum Gasteiger partial charge on any atom is -0.314 e. The van der Waals surface area contributed by atoms with E-state index in [0.717, 1.165) is 24.5 Å². The van der Waals surface area contributed by atoms with Crippen LogP contribution in [0.2, 0.25) is 0 Å². The molecule has 0 aromatic carbocycles. The molecule has 106 valence electrons. The second kappa shape index (κ2) is 6.88. The Kier molecular flexibility index (Phi) is 5.46. The zero-order valence-electron chi connectivity index (χ0n) is 12.4. The van der Waals surface area contributed by atoms with Gasteiger partial charge in [-0.15, -0.1) is 0 Å². The highest BCUT2D eigenvalue weighted by atomic mass is 15.1. The van der Waals surface area contributed by atoms with Gasteiger partial charge in [-0.3, -0.25) is 0 Å². The summed E-state index contributed by atoms with van der Waals surface area (Å²) in [5.74, 6) is 0.870. The van der Waals surface area contributed by atoms with Crippen molar-refractivity contribution in [3.63, 3.8) is 0 Å². The SMILES string of the molecule is CC(CN(C)C)NC1CCCC1C1CCCCN1. The molecule has 18 heavy (non-hydrogen) atoms. The second-order valence-electron chi connectivity index (χ2n) is 6.59. The molecule has 1 aliphatic carbocycles. The molecule has 2 rings (SSSR count). The largest absolute Gasteiger partial charge is 0.314 e. The molecule has 0 radical (unpaired) electrons. The van der Waals surface area contributed by atoms with E-state index in [2.05, 4.69) is 36.6 Å². The molecule has 0 aromatic heterocycles. The molecule has 1 saturated heterocycles. The molecule has 3 nitrogen and oxygen atoms in total. The van der Waals surface area contributed by atoms with Gasteiger partial charge in [0.25, 0.3) is 0 Å². The third kappa shape index (κ3) is 3.94. The van der Waals surface area contributed by atoms with Crippen LogP contribution in [-0.4, -0.2) is 50.2 Å². The molecule has 0 bridgehead atoms. The van der Waals surface area contributed by atoms with Gasteiger partial charge in [-0.1, -0.05) is 12.8 Å². The van der Waals surface area contributed by atoms with Crippen molar-refractivity contribution in [3.05, 3.63) is 0 Å². The van der Waals surface area contributed by atoms with E-state index < -0.39 is 0 Å². The Labute approximate surface area is 113 Å². The zero-order valence-corrected chi connectivity index (χ0v) is 12.4. The van der Waals surface area contributed by atoms with Crippen molar-refractivity contribution in [2.75, 3.05) is 27.2 Å². The van der Waals surface area contributed by atoms with E-state index in [1.54, 1.807) is 0 Å². The average molecular weight is 253 g/mol. The Hall–Kier alpha value is -0.120. The first-order valence-electron chi connectivity index (χ1n) is 7.81. The van der Waals surface area contributed by atoms with Crippen molar-refractivity contribution >= 4 is 0 Å². The summed E-state index contributed by atoms with van der Waals surface area (Å²) < 4.78 is 0. The number of nitrogens with one attached hydrogen (secondary N) is 2. The lowest BCUT2D eigenvalue weighted by Gasteiger charge is -2.34. The number of likely N-dealkylation sites (N-methyl/N-ethyl adjacent to an activating group) is 1. The lowest BCUT2D eigenvalue weighted by molar-refractivity contribution is 0.236. The highest BCUT2D eigenvalue weighted by Crippen LogP contribution is 2.31. The van der Waals surface area contributed by atoms with Gasteiger partial charge in [0.2, 0.25) is 0 Å². The molecule has 2 aliphatic rings. The smallest absolute Gasteiger partial charge is 0.0169 e. The highest BCUT2D eigenvalue weighted by molar-refractivity contribution is 4.93. The van der Waals surface area contributed by atoms with Crippen LogP contribution in [-0.2, 0) is 0 Å². The van der Waals surface area contributed by atoms with Crippen LogP contribution in [0.25, 0.3) is 0 Å². The first-order valence-corrected chi connectivity index (χ1v) is 7.81. The van der Waals surface area contributed by atoms with Crippen molar-refractivity contribution < 1.29 is 0 Å². The predicted molar refractivity (Wildman–Crippen MR) is 77.9 cm³/mol. The summed E-state index contributed by atoms with van der Waals surface area (Å²) in [6.07, 6.45) is 8.40. The molecule has 4 atom stereocenters. The van der Waals surface area contributed by atoms with E-state index in [1.165, 1.54) is 45.1 Å². The van der Waals surface area contributed by atoms with Crippen molar-refractivity contribution in [1.29, 1.82) is 0 Å². The Morgan fingerprint density at radius 1 is 1.17 bits per heavy atom.